The van der Waals surface area contributed by atoms with Gasteiger partial charge in [0.2, 0.25) is 0 Å². The van der Waals surface area contributed by atoms with Crippen molar-refractivity contribution in [1.82, 2.24) is 20.0 Å². The fourth-order valence-electron chi connectivity index (χ4n) is 3.03. The minimum atomic E-state index is 0.435. The molecule has 6 heteroatoms. The Balaban J connectivity index is 1.91. The molecule has 1 aromatic heterocycles. The van der Waals surface area contributed by atoms with Gasteiger partial charge >= 0.3 is 0 Å². The van der Waals surface area contributed by atoms with Gasteiger partial charge < -0.3 is 15.0 Å². The summed E-state index contributed by atoms with van der Waals surface area (Å²) in [6.07, 6.45) is 0. The quantitative estimate of drug-likeness (QED) is 0.611. The fourth-order valence-corrected chi connectivity index (χ4v) is 3.03. The Hall–Kier alpha value is -2.50. The number of hydrogen-bond donors (Lipinski definition) is 1. The molecule has 2 rings (SSSR count). The molecule has 0 aliphatic heterocycles. The molecule has 0 radical (unpaired) electrons. The van der Waals surface area contributed by atoms with Crippen molar-refractivity contribution in [3.8, 4) is 5.75 Å². The average molecular weight is 358 g/mol. The van der Waals surface area contributed by atoms with Crippen LogP contribution in [0.2, 0.25) is 0 Å². The number of rotatable bonds is 7. The highest BCUT2D eigenvalue weighted by Gasteiger charge is 2.12. The summed E-state index contributed by atoms with van der Waals surface area (Å²) < 4.78 is 7.51. The normalized spacial score (nSPS) is 12.8. The predicted octanol–water partition coefficient (Wildman–Crippen LogP) is 2.85. The van der Waals surface area contributed by atoms with Crippen LogP contribution in [0.15, 0.2) is 35.3 Å². The van der Waals surface area contributed by atoms with E-state index < -0.39 is 0 Å². The second kappa shape index (κ2) is 9.27. The van der Waals surface area contributed by atoms with Crippen LogP contribution in [-0.4, -0.2) is 48.4 Å². The van der Waals surface area contributed by atoms with Crippen LogP contribution in [0, 0.1) is 19.8 Å². The van der Waals surface area contributed by atoms with E-state index in [1.807, 2.05) is 39.2 Å². The van der Waals surface area contributed by atoms with E-state index in [1.165, 1.54) is 5.69 Å². The number of aryl methyl sites for hydroxylation is 2. The second-order valence-corrected chi connectivity index (χ2v) is 6.81. The zero-order valence-electron chi connectivity index (χ0n) is 16.8. The summed E-state index contributed by atoms with van der Waals surface area (Å²) in [6.45, 7) is 8.80. The van der Waals surface area contributed by atoms with Gasteiger partial charge in [-0.25, -0.2) is 0 Å². The maximum absolute atomic E-state index is 5.44. The molecule has 1 unspecified atom stereocenters. The Morgan fingerprint density at radius 3 is 2.69 bits per heavy atom. The van der Waals surface area contributed by atoms with Gasteiger partial charge in [-0.1, -0.05) is 25.1 Å². The molecule has 0 fully saturated rings. The van der Waals surface area contributed by atoms with Crippen LogP contribution in [0.1, 0.15) is 23.9 Å². The van der Waals surface area contributed by atoms with Gasteiger partial charge in [0.15, 0.2) is 5.96 Å². The van der Waals surface area contributed by atoms with Crippen molar-refractivity contribution in [1.29, 1.82) is 0 Å². The molecule has 0 saturated heterocycles. The van der Waals surface area contributed by atoms with Crippen LogP contribution >= 0.6 is 0 Å². The summed E-state index contributed by atoms with van der Waals surface area (Å²) in [5.41, 5.74) is 3.40. The van der Waals surface area contributed by atoms with Crippen molar-refractivity contribution >= 4 is 5.96 Å². The van der Waals surface area contributed by atoms with Gasteiger partial charge in [-0.3, -0.25) is 9.67 Å². The van der Waals surface area contributed by atoms with Gasteiger partial charge in [0, 0.05) is 45.0 Å². The summed E-state index contributed by atoms with van der Waals surface area (Å²) in [6, 6.07) is 10.2. The van der Waals surface area contributed by atoms with E-state index in [1.54, 1.807) is 7.11 Å². The number of guanidine groups is 1. The fraction of sp³-hybridized carbons (Fsp3) is 0.500. The van der Waals surface area contributed by atoms with Crippen LogP contribution in [0.25, 0.3) is 0 Å². The lowest BCUT2D eigenvalue weighted by atomic mass is 10.2. The van der Waals surface area contributed by atoms with Crippen molar-refractivity contribution in [2.24, 2.45) is 10.9 Å². The van der Waals surface area contributed by atoms with Crippen molar-refractivity contribution in [3.05, 3.63) is 47.3 Å². The van der Waals surface area contributed by atoms with E-state index in [-0.39, 0.29) is 0 Å². The molecule has 1 atom stereocenters. The summed E-state index contributed by atoms with van der Waals surface area (Å²) >= 11 is 0. The molecule has 0 amide bonds. The minimum absolute atomic E-state index is 0.435. The van der Waals surface area contributed by atoms with Crippen molar-refractivity contribution in [2.75, 3.05) is 27.7 Å². The Morgan fingerprint density at radius 1 is 1.35 bits per heavy atom. The molecule has 1 N–H and O–H groups in total. The Bertz CT molecular complexity index is 738. The highest BCUT2D eigenvalue weighted by molar-refractivity contribution is 5.79. The van der Waals surface area contributed by atoms with Gasteiger partial charge in [0.05, 0.1) is 12.8 Å². The number of hydrogen-bond acceptors (Lipinski definition) is 3. The number of nitrogens with one attached hydrogen (secondary N) is 1. The first-order valence-corrected chi connectivity index (χ1v) is 8.99. The monoisotopic (exact) mass is 357 g/mol. The van der Waals surface area contributed by atoms with Crippen molar-refractivity contribution in [2.45, 2.75) is 33.9 Å². The van der Waals surface area contributed by atoms with Gasteiger partial charge in [0.1, 0.15) is 5.75 Å². The first kappa shape index (κ1) is 19.8. The van der Waals surface area contributed by atoms with E-state index in [0.717, 1.165) is 42.6 Å². The van der Waals surface area contributed by atoms with Crippen LogP contribution in [0.3, 0.4) is 0 Å². The Morgan fingerprint density at radius 2 is 2.08 bits per heavy atom. The summed E-state index contributed by atoms with van der Waals surface area (Å²) in [5, 5.41) is 8.01. The summed E-state index contributed by atoms with van der Waals surface area (Å²) in [5.74, 6) is 2.20. The van der Waals surface area contributed by atoms with Crippen molar-refractivity contribution in [3.63, 3.8) is 0 Å². The highest BCUT2D eigenvalue weighted by Crippen LogP contribution is 2.18. The smallest absolute Gasteiger partial charge is 0.193 e. The molecular weight excluding hydrogens is 326 g/mol. The summed E-state index contributed by atoms with van der Waals surface area (Å²) in [7, 11) is 5.55. The number of nitrogens with zero attached hydrogens (tertiary/aromatic N) is 4. The molecule has 2 aromatic rings. The third kappa shape index (κ3) is 5.25. The first-order valence-electron chi connectivity index (χ1n) is 8.99. The second-order valence-electron chi connectivity index (χ2n) is 6.81. The predicted molar refractivity (Wildman–Crippen MR) is 107 cm³/mol. The molecule has 1 heterocycles. The van der Waals surface area contributed by atoms with E-state index >= 15 is 0 Å². The Kier molecular flexibility index (Phi) is 7.06. The lowest BCUT2D eigenvalue weighted by Crippen LogP contribution is -2.41. The molecular formula is C20H31N5O. The first-order chi connectivity index (χ1) is 12.4. The Labute approximate surface area is 156 Å². The molecule has 26 heavy (non-hydrogen) atoms. The third-order valence-corrected chi connectivity index (χ3v) is 4.37. The molecule has 6 nitrogen and oxygen atoms in total. The third-order valence-electron chi connectivity index (χ3n) is 4.37. The average Bonchev–Trinajstić information content (AvgIpc) is 2.93. The molecule has 142 valence electrons. The zero-order chi connectivity index (χ0) is 19.1. The lowest BCUT2D eigenvalue weighted by molar-refractivity contribution is 0.392. The van der Waals surface area contributed by atoms with Gasteiger partial charge in [-0.05, 0) is 31.9 Å². The number of aliphatic imine (C=N–C) groups is 1. The number of ether oxygens (including phenoxy) is 1. The molecule has 0 bridgehead atoms. The highest BCUT2D eigenvalue weighted by atomic mass is 16.5. The molecule has 0 aliphatic carbocycles. The summed E-state index contributed by atoms with van der Waals surface area (Å²) in [4.78, 5) is 6.51. The van der Waals surface area contributed by atoms with Crippen LogP contribution < -0.4 is 10.1 Å². The zero-order valence-corrected chi connectivity index (χ0v) is 16.8. The van der Waals surface area contributed by atoms with Crippen LogP contribution in [0.4, 0.5) is 0 Å². The largest absolute Gasteiger partial charge is 0.496 e. The molecule has 0 saturated carbocycles. The lowest BCUT2D eigenvalue weighted by Gasteiger charge is -2.24. The SMILES string of the molecule is CN=C(NCC(C)Cn1nc(C)cc1C)N(C)Cc1ccccc1OC. The maximum Gasteiger partial charge on any atom is 0.193 e. The van der Waals surface area contributed by atoms with E-state index in [4.69, 9.17) is 4.74 Å². The number of para-hydroxylation sites is 1. The topological polar surface area (TPSA) is 54.7 Å². The molecule has 0 spiro atoms. The maximum atomic E-state index is 5.44. The van der Waals surface area contributed by atoms with E-state index in [2.05, 4.69) is 51.0 Å². The van der Waals surface area contributed by atoms with Gasteiger partial charge in [0.25, 0.3) is 0 Å². The molecule has 0 aliphatic rings. The van der Waals surface area contributed by atoms with Crippen molar-refractivity contribution < 1.29 is 4.74 Å². The number of benzene rings is 1. The number of methoxy groups -OCH3 is 1. The minimum Gasteiger partial charge on any atom is -0.496 e. The van der Waals surface area contributed by atoms with Crippen LogP contribution in [-0.2, 0) is 13.1 Å². The van der Waals surface area contributed by atoms with E-state index in [9.17, 15) is 0 Å². The van der Waals surface area contributed by atoms with E-state index in [0.29, 0.717) is 5.92 Å². The number of aromatic nitrogens is 2. The van der Waals surface area contributed by atoms with Gasteiger partial charge in [-0.2, -0.15) is 5.10 Å². The molecule has 1 aromatic carbocycles. The van der Waals surface area contributed by atoms with Crippen LogP contribution in [0.5, 0.6) is 5.75 Å². The standard InChI is InChI=1S/C20H31N5O/c1-15(13-25-17(3)11-16(2)23-25)12-22-20(21-4)24(5)14-18-9-7-8-10-19(18)26-6/h7-11,15H,12-14H2,1-6H3,(H,21,22). The van der Waals surface area contributed by atoms with Gasteiger partial charge in [-0.15, -0.1) is 0 Å².